The number of rotatable bonds is 1. The number of carbonyl (C=O) groups is 1. The molecule has 0 spiro atoms. The average molecular weight is 108 g/mol. The molecule has 0 aromatic heterocycles. The van der Waals surface area contributed by atoms with Gasteiger partial charge in [0, 0.05) is 12.8 Å². The Hall–Kier alpha value is -1.39. The summed E-state index contributed by atoms with van der Waals surface area (Å²) in [6.07, 6.45) is 0. The molecule has 0 aliphatic rings. The molecular weight excluding hydrogens is 104 g/mol. The smallest absolute Gasteiger partial charge is 0.179 e. The Morgan fingerprint density at radius 3 is 2.25 bits per heavy atom. The Bertz CT molecular complexity index is 193. The van der Waals surface area contributed by atoms with Crippen LogP contribution in [0.3, 0.4) is 0 Å². The van der Waals surface area contributed by atoms with Crippen molar-refractivity contribution in [3.8, 4) is 6.07 Å². The molecule has 0 aliphatic carbocycles. The lowest BCUT2D eigenvalue weighted by molar-refractivity contribution is -0.113. The molecule has 0 aromatic rings. The Kier molecular flexibility index (Phi) is 2.25. The average Bonchev–Trinajstić information content (AvgIpc) is 1.69. The maximum atomic E-state index is 10.2. The maximum Gasteiger partial charge on any atom is 0.179 e. The number of nitrogens with one attached hydrogen (secondary N) is 1. The van der Waals surface area contributed by atoms with Crippen molar-refractivity contribution >= 4 is 11.7 Å². The maximum absolute atomic E-state index is 10.2. The van der Waals surface area contributed by atoms with E-state index in [-0.39, 0.29) is 5.57 Å². The fourth-order valence-electron chi connectivity index (χ4n) is 0.195. The van der Waals surface area contributed by atoms with Crippen LogP contribution < -0.4 is 0 Å². The standard InChI is InChI=1S/C5H4N2O/c1-4(8)5(2-6)3-7/h6H,1H3. The number of hydrogen-bond donors (Lipinski definition) is 1. The summed E-state index contributed by atoms with van der Waals surface area (Å²) < 4.78 is 0. The summed E-state index contributed by atoms with van der Waals surface area (Å²) in [6.45, 7) is 1.22. The summed E-state index contributed by atoms with van der Waals surface area (Å²) in [5, 5.41) is 14.4. The van der Waals surface area contributed by atoms with Gasteiger partial charge in [0.05, 0.1) is 0 Å². The van der Waals surface area contributed by atoms with Crippen molar-refractivity contribution in [3.63, 3.8) is 0 Å². The summed E-state index contributed by atoms with van der Waals surface area (Å²) >= 11 is 0. The molecule has 0 heterocycles. The van der Waals surface area contributed by atoms with E-state index < -0.39 is 5.78 Å². The quantitative estimate of drug-likeness (QED) is 0.297. The molecule has 3 nitrogen and oxygen atoms in total. The van der Waals surface area contributed by atoms with Crippen LogP contribution in [-0.2, 0) is 4.79 Å². The molecule has 0 radical (unpaired) electrons. The second kappa shape index (κ2) is 2.73. The number of allylic oxidation sites excluding steroid dienone is 1. The summed E-state index contributed by atoms with van der Waals surface area (Å²) in [6, 6.07) is 1.52. The summed E-state index contributed by atoms with van der Waals surface area (Å²) in [7, 11) is 0. The van der Waals surface area contributed by atoms with Gasteiger partial charge in [0.1, 0.15) is 6.07 Å². The van der Waals surface area contributed by atoms with Crippen molar-refractivity contribution in [3.05, 3.63) is 5.57 Å². The van der Waals surface area contributed by atoms with E-state index in [2.05, 4.69) is 0 Å². The second-order valence-corrected chi connectivity index (χ2v) is 1.17. The number of hydrogen-bond acceptors (Lipinski definition) is 3. The van der Waals surface area contributed by atoms with Crippen LogP contribution in [0.5, 0.6) is 0 Å². The summed E-state index contributed by atoms with van der Waals surface area (Å²) in [4.78, 5) is 10.2. The molecule has 1 N–H and O–H groups in total. The molecule has 0 unspecified atom stereocenters. The predicted octanol–water partition coefficient (Wildman–Crippen LogP) is 0.274. The molecule has 0 fully saturated rings. The first-order valence-electron chi connectivity index (χ1n) is 1.93. The minimum atomic E-state index is -0.414. The van der Waals surface area contributed by atoms with Crippen molar-refractivity contribution in [1.82, 2.24) is 0 Å². The van der Waals surface area contributed by atoms with Crippen molar-refractivity contribution in [1.29, 1.82) is 10.7 Å². The molecular formula is C5H4N2O. The number of ketones is 1. The third-order valence-corrected chi connectivity index (χ3v) is 0.589. The van der Waals surface area contributed by atoms with Crippen LogP contribution in [0.4, 0.5) is 0 Å². The molecule has 3 heteroatoms. The fraction of sp³-hybridized carbons (Fsp3) is 0.200. The minimum Gasteiger partial charge on any atom is -0.293 e. The van der Waals surface area contributed by atoms with Gasteiger partial charge in [-0.25, -0.2) is 0 Å². The molecule has 0 aliphatic heterocycles. The van der Waals surface area contributed by atoms with Gasteiger partial charge in [-0.15, -0.1) is 0 Å². The number of carbonyl (C=O) groups excluding carboxylic acids is 1. The van der Waals surface area contributed by atoms with E-state index in [1.807, 2.05) is 0 Å². The molecule has 0 saturated carbocycles. The zero-order valence-electron chi connectivity index (χ0n) is 4.36. The zero-order valence-corrected chi connectivity index (χ0v) is 4.36. The summed E-state index contributed by atoms with van der Waals surface area (Å²) in [5.74, 6) is 1.29. The third kappa shape index (κ3) is 1.38. The minimum absolute atomic E-state index is 0.231. The normalized spacial score (nSPS) is 6.50. The molecule has 8 heavy (non-hydrogen) atoms. The Labute approximate surface area is 46.7 Å². The van der Waals surface area contributed by atoms with Gasteiger partial charge in [-0.1, -0.05) is 0 Å². The molecule has 0 amide bonds. The number of Topliss-reactive ketones (excluding diaryl/α,β-unsaturated/α-hetero) is 1. The van der Waals surface area contributed by atoms with E-state index in [4.69, 9.17) is 10.7 Å². The van der Waals surface area contributed by atoms with Gasteiger partial charge in [0.15, 0.2) is 11.4 Å². The van der Waals surface area contributed by atoms with E-state index in [0.29, 0.717) is 0 Å². The molecule has 0 saturated heterocycles. The van der Waals surface area contributed by atoms with E-state index in [0.717, 1.165) is 0 Å². The van der Waals surface area contributed by atoms with Gasteiger partial charge < -0.3 is 0 Å². The lowest BCUT2D eigenvalue weighted by Gasteiger charge is -1.76. The van der Waals surface area contributed by atoms with Gasteiger partial charge in [-0.3, -0.25) is 10.2 Å². The van der Waals surface area contributed by atoms with Gasteiger partial charge >= 0.3 is 0 Å². The zero-order chi connectivity index (χ0) is 6.57. The van der Waals surface area contributed by atoms with E-state index in [1.54, 1.807) is 5.87 Å². The van der Waals surface area contributed by atoms with E-state index in [9.17, 15) is 4.79 Å². The predicted molar refractivity (Wildman–Crippen MR) is 27.5 cm³/mol. The lowest BCUT2D eigenvalue weighted by Crippen LogP contribution is -1.92. The Morgan fingerprint density at radius 2 is 2.25 bits per heavy atom. The molecule has 0 rings (SSSR count). The van der Waals surface area contributed by atoms with Crippen molar-refractivity contribution < 1.29 is 4.79 Å². The van der Waals surface area contributed by atoms with Gasteiger partial charge in [0.2, 0.25) is 0 Å². The van der Waals surface area contributed by atoms with Crippen LogP contribution in [0.2, 0.25) is 0 Å². The Morgan fingerprint density at radius 1 is 1.75 bits per heavy atom. The number of nitriles is 1. The largest absolute Gasteiger partial charge is 0.293 e. The van der Waals surface area contributed by atoms with Crippen LogP contribution in [0.15, 0.2) is 5.57 Å². The lowest BCUT2D eigenvalue weighted by atomic mass is 10.2. The Balaban J connectivity index is 4.46. The van der Waals surface area contributed by atoms with Gasteiger partial charge in [-0.2, -0.15) is 5.26 Å². The van der Waals surface area contributed by atoms with Crippen molar-refractivity contribution in [2.45, 2.75) is 6.92 Å². The monoisotopic (exact) mass is 108 g/mol. The van der Waals surface area contributed by atoms with Crippen molar-refractivity contribution in [2.75, 3.05) is 0 Å². The first-order valence-corrected chi connectivity index (χ1v) is 1.93. The SMILES string of the molecule is CC(=O)C(=C=N)C#N. The van der Waals surface area contributed by atoms with E-state index in [1.165, 1.54) is 13.0 Å². The molecule has 0 aromatic carbocycles. The summed E-state index contributed by atoms with van der Waals surface area (Å²) in [5.41, 5.74) is -0.231. The highest BCUT2D eigenvalue weighted by molar-refractivity contribution is 6.04. The van der Waals surface area contributed by atoms with Gasteiger partial charge in [0.25, 0.3) is 0 Å². The first-order chi connectivity index (χ1) is 3.72. The number of nitrogens with zero attached hydrogens (tertiary/aromatic N) is 1. The molecule has 0 bridgehead atoms. The molecule has 0 atom stereocenters. The topological polar surface area (TPSA) is 64.7 Å². The highest BCUT2D eigenvalue weighted by atomic mass is 16.1. The first kappa shape index (κ1) is 6.61. The van der Waals surface area contributed by atoms with Crippen LogP contribution in [0.1, 0.15) is 6.92 Å². The van der Waals surface area contributed by atoms with Crippen molar-refractivity contribution in [2.24, 2.45) is 0 Å². The third-order valence-electron chi connectivity index (χ3n) is 0.589. The second-order valence-electron chi connectivity index (χ2n) is 1.17. The van der Waals surface area contributed by atoms with Crippen LogP contribution >= 0.6 is 0 Å². The fourth-order valence-corrected chi connectivity index (χ4v) is 0.195. The van der Waals surface area contributed by atoms with Crippen LogP contribution in [-0.4, -0.2) is 11.7 Å². The van der Waals surface area contributed by atoms with E-state index >= 15 is 0 Å². The van der Waals surface area contributed by atoms with Crippen LogP contribution in [0.25, 0.3) is 0 Å². The highest BCUT2D eigenvalue weighted by Crippen LogP contribution is 1.83. The van der Waals surface area contributed by atoms with Crippen LogP contribution in [0, 0.1) is 16.7 Å². The van der Waals surface area contributed by atoms with Gasteiger partial charge in [-0.05, 0) is 0 Å². The highest BCUT2D eigenvalue weighted by Gasteiger charge is 1.97. The molecule has 40 valence electrons.